The SMILES string of the molecule is Cn1cc(C(F)(F)F)nc1-c1ccc(CNc2nc(Cl)ncc2SCC(=O)O)cc1. The number of carboxylic acids is 1. The van der Waals surface area contributed by atoms with Gasteiger partial charge in [-0.3, -0.25) is 4.79 Å². The Morgan fingerprint density at radius 1 is 1.27 bits per heavy atom. The van der Waals surface area contributed by atoms with E-state index >= 15 is 0 Å². The summed E-state index contributed by atoms with van der Waals surface area (Å²) in [6.07, 6.45) is -2.12. The van der Waals surface area contributed by atoms with E-state index in [4.69, 9.17) is 16.7 Å². The Kier molecular flexibility index (Phi) is 6.52. The van der Waals surface area contributed by atoms with Crippen LogP contribution in [0.5, 0.6) is 0 Å². The lowest BCUT2D eigenvalue weighted by Crippen LogP contribution is -2.05. The average Bonchev–Trinajstić information content (AvgIpc) is 3.08. The van der Waals surface area contributed by atoms with Gasteiger partial charge in [0.15, 0.2) is 5.69 Å². The van der Waals surface area contributed by atoms with Gasteiger partial charge in [-0.15, -0.1) is 11.8 Å². The number of carboxylic acid groups (broad SMARTS) is 1. The van der Waals surface area contributed by atoms with E-state index in [9.17, 15) is 18.0 Å². The Bertz CT molecular complexity index is 1060. The number of nitrogens with zero attached hydrogens (tertiary/aromatic N) is 4. The second-order valence-corrected chi connectivity index (χ2v) is 7.50. The number of aromatic nitrogens is 4. The number of nitrogens with one attached hydrogen (secondary N) is 1. The molecule has 0 aliphatic heterocycles. The number of carbonyl (C=O) groups is 1. The van der Waals surface area contributed by atoms with Crippen LogP contribution in [0.2, 0.25) is 5.28 Å². The zero-order chi connectivity index (χ0) is 21.9. The van der Waals surface area contributed by atoms with Gasteiger partial charge in [0.25, 0.3) is 0 Å². The number of aryl methyl sites for hydroxylation is 1. The van der Waals surface area contributed by atoms with Gasteiger partial charge in [-0.1, -0.05) is 24.3 Å². The molecule has 2 N–H and O–H groups in total. The summed E-state index contributed by atoms with van der Waals surface area (Å²) in [5.41, 5.74) is 0.422. The molecule has 2 aromatic heterocycles. The van der Waals surface area contributed by atoms with Crippen LogP contribution in [0.15, 0.2) is 41.6 Å². The van der Waals surface area contributed by atoms with Crippen LogP contribution in [0.1, 0.15) is 11.3 Å². The minimum Gasteiger partial charge on any atom is -0.481 e. The number of halogens is 4. The molecule has 7 nitrogen and oxygen atoms in total. The van der Waals surface area contributed by atoms with Gasteiger partial charge in [-0.2, -0.15) is 18.2 Å². The van der Waals surface area contributed by atoms with Crippen molar-refractivity contribution in [2.24, 2.45) is 7.05 Å². The van der Waals surface area contributed by atoms with E-state index in [-0.39, 0.29) is 16.9 Å². The first kappa shape index (κ1) is 21.9. The van der Waals surface area contributed by atoms with Crippen LogP contribution in [-0.4, -0.2) is 36.3 Å². The molecule has 2 heterocycles. The number of hydrogen-bond donors (Lipinski definition) is 2. The van der Waals surface area contributed by atoms with E-state index in [1.807, 2.05) is 0 Å². The van der Waals surface area contributed by atoms with Crippen LogP contribution >= 0.6 is 23.4 Å². The molecule has 0 aliphatic carbocycles. The lowest BCUT2D eigenvalue weighted by Gasteiger charge is -2.10. The molecular weight excluding hydrogens is 443 g/mol. The molecule has 0 spiro atoms. The van der Waals surface area contributed by atoms with Gasteiger partial charge in [-0.25, -0.2) is 9.97 Å². The Morgan fingerprint density at radius 2 is 1.97 bits per heavy atom. The molecular formula is C18H15ClF3N5O2S. The van der Waals surface area contributed by atoms with Crippen LogP contribution in [-0.2, 0) is 24.6 Å². The van der Waals surface area contributed by atoms with Crippen LogP contribution in [0.3, 0.4) is 0 Å². The molecule has 12 heteroatoms. The Labute approximate surface area is 178 Å². The summed E-state index contributed by atoms with van der Waals surface area (Å²) in [5, 5.41) is 11.9. The van der Waals surface area contributed by atoms with Gasteiger partial charge in [-0.05, 0) is 17.2 Å². The van der Waals surface area contributed by atoms with Gasteiger partial charge in [0.2, 0.25) is 5.28 Å². The lowest BCUT2D eigenvalue weighted by atomic mass is 10.1. The molecule has 0 saturated heterocycles. The Hall–Kier alpha value is -2.79. The standard InChI is InChI=1S/C18H15ClF3N5O2S/c1-27-8-13(18(20,21)22)25-16(27)11-4-2-10(3-5-11)6-23-15-12(30-9-14(28)29)7-24-17(19)26-15/h2-5,7-8H,6,9H2,1H3,(H,28,29)(H,23,24,26). The quantitative estimate of drug-likeness (QED) is 0.402. The van der Waals surface area contributed by atoms with Crippen molar-refractivity contribution in [3.63, 3.8) is 0 Å². The number of imidazole rings is 1. The molecule has 0 unspecified atom stereocenters. The van der Waals surface area contributed by atoms with Crippen molar-refractivity contribution in [2.75, 3.05) is 11.1 Å². The van der Waals surface area contributed by atoms with E-state index in [0.717, 1.165) is 23.5 Å². The summed E-state index contributed by atoms with van der Waals surface area (Å²) in [4.78, 5) is 22.9. The first-order valence-electron chi connectivity index (χ1n) is 8.44. The fourth-order valence-electron chi connectivity index (χ4n) is 2.55. The predicted molar refractivity (Wildman–Crippen MR) is 106 cm³/mol. The zero-order valence-corrected chi connectivity index (χ0v) is 17.0. The van der Waals surface area contributed by atoms with Crippen molar-refractivity contribution < 1.29 is 23.1 Å². The molecule has 1 aromatic carbocycles. The molecule has 3 aromatic rings. The predicted octanol–water partition coefficient (Wildman–Crippen LogP) is 4.34. The summed E-state index contributed by atoms with van der Waals surface area (Å²) in [5.74, 6) is -0.529. The summed E-state index contributed by atoms with van der Waals surface area (Å²) < 4.78 is 39.9. The highest BCUT2D eigenvalue weighted by atomic mass is 35.5. The average molecular weight is 458 g/mol. The molecule has 0 radical (unpaired) electrons. The van der Waals surface area contributed by atoms with Crippen molar-refractivity contribution in [2.45, 2.75) is 17.6 Å². The number of rotatable bonds is 7. The number of benzene rings is 1. The van der Waals surface area contributed by atoms with Crippen LogP contribution in [0, 0.1) is 0 Å². The number of alkyl halides is 3. The maximum Gasteiger partial charge on any atom is 0.434 e. The van der Waals surface area contributed by atoms with Crippen LogP contribution < -0.4 is 5.32 Å². The third kappa shape index (κ3) is 5.42. The minimum absolute atomic E-state index is 0.0165. The second kappa shape index (κ2) is 8.92. The van der Waals surface area contributed by atoms with Crippen molar-refractivity contribution >= 4 is 35.1 Å². The van der Waals surface area contributed by atoms with Gasteiger partial charge >= 0.3 is 12.1 Å². The molecule has 0 fully saturated rings. The maximum atomic E-state index is 12.8. The fourth-order valence-corrected chi connectivity index (χ4v) is 3.34. The highest BCUT2D eigenvalue weighted by Crippen LogP contribution is 2.31. The molecule has 158 valence electrons. The molecule has 0 atom stereocenters. The van der Waals surface area contributed by atoms with E-state index in [1.165, 1.54) is 17.8 Å². The minimum atomic E-state index is -4.50. The molecule has 30 heavy (non-hydrogen) atoms. The number of hydrogen-bond acceptors (Lipinski definition) is 6. The number of aliphatic carboxylic acids is 1. The second-order valence-electron chi connectivity index (χ2n) is 6.14. The Balaban J connectivity index is 1.72. The highest BCUT2D eigenvalue weighted by Gasteiger charge is 2.34. The van der Waals surface area contributed by atoms with E-state index in [0.29, 0.717) is 22.8 Å². The van der Waals surface area contributed by atoms with E-state index in [1.54, 1.807) is 24.3 Å². The Morgan fingerprint density at radius 3 is 2.57 bits per heavy atom. The first-order valence-corrected chi connectivity index (χ1v) is 9.80. The van der Waals surface area contributed by atoms with Crippen molar-refractivity contribution in [1.29, 1.82) is 0 Å². The topological polar surface area (TPSA) is 92.9 Å². The largest absolute Gasteiger partial charge is 0.481 e. The molecule has 0 aliphatic rings. The molecule has 3 rings (SSSR count). The monoisotopic (exact) mass is 457 g/mol. The molecule has 0 saturated carbocycles. The highest BCUT2D eigenvalue weighted by molar-refractivity contribution is 8.00. The van der Waals surface area contributed by atoms with Gasteiger partial charge in [0.1, 0.15) is 11.6 Å². The summed E-state index contributed by atoms with van der Waals surface area (Å²) in [6, 6.07) is 6.84. The fraction of sp³-hybridized carbons (Fsp3) is 0.222. The summed E-state index contributed by atoms with van der Waals surface area (Å²) >= 11 is 6.88. The number of anilines is 1. The van der Waals surface area contributed by atoms with E-state index in [2.05, 4.69) is 20.3 Å². The zero-order valence-electron chi connectivity index (χ0n) is 15.4. The van der Waals surface area contributed by atoms with Crippen molar-refractivity contribution in [3.8, 4) is 11.4 Å². The van der Waals surface area contributed by atoms with Crippen molar-refractivity contribution in [1.82, 2.24) is 19.5 Å². The van der Waals surface area contributed by atoms with Crippen molar-refractivity contribution in [3.05, 3.63) is 53.2 Å². The van der Waals surface area contributed by atoms with E-state index < -0.39 is 17.8 Å². The van der Waals surface area contributed by atoms with Crippen LogP contribution in [0.25, 0.3) is 11.4 Å². The lowest BCUT2D eigenvalue weighted by molar-refractivity contribution is -0.141. The number of thioether (sulfide) groups is 1. The third-order valence-corrected chi connectivity index (χ3v) is 5.10. The third-order valence-electron chi connectivity index (χ3n) is 3.92. The summed E-state index contributed by atoms with van der Waals surface area (Å²) in [6.45, 7) is 0.336. The molecule has 0 bridgehead atoms. The van der Waals surface area contributed by atoms with Crippen LogP contribution in [0.4, 0.5) is 19.0 Å². The van der Waals surface area contributed by atoms with Gasteiger partial charge in [0.05, 0.1) is 10.6 Å². The normalized spacial score (nSPS) is 11.5. The summed E-state index contributed by atoms with van der Waals surface area (Å²) in [7, 11) is 1.50. The van der Waals surface area contributed by atoms with Gasteiger partial charge < -0.3 is 15.0 Å². The molecule has 0 amide bonds. The van der Waals surface area contributed by atoms with Gasteiger partial charge in [0, 0.05) is 31.5 Å². The maximum absolute atomic E-state index is 12.8. The smallest absolute Gasteiger partial charge is 0.434 e. The first-order chi connectivity index (χ1) is 14.1.